The van der Waals surface area contributed by atoms with Crippen molar-refractivity contribution in [2.24, 2.45) is 5.92 Å². The van der Waals surface area contributed by atoms with Crippen LogP contribution < -0.4 is 15.4 Å². The molecule has 0 aliphatic carbocycles. The third-order valence-corrected chi connectivity index (χ3v) is 7.10. The number of hydrogen-bond acceptors (Lipinski definition) is 6. The lowest BCUT2D eigenvalue weighted by atomic mass is 9.97. The summed E-state index contributed by atoms with van der Waals surface area (Å²) in [7, 11) is 3.82. The molecule has 33 heavy (non-hydrogen) atoms. The number of likely N-dealkylation sites (N-methyl/N-ethyl adjacent to an activating group) is 1. The SMILES string of the molecule is COc1ccc(C2CNC(Nc3ccc(CCN4CC[C@H](C)[C@H]4C(=O)O)cc3)N(C)C2)cc1. The van der Waals surface area contributed by atoms with Crippen molar-refractivity contribution in [2.45, 2.75) is 38.0 Å². The van der Waals surface area contributed by atoms with Crippen LogP contribution in [0, 0.1) is 5.92 Å². The van der Waals surface area contributed by atoms with Gasteiger partial charge in [-0.1, -0.05) is 31.2 Å². The molecule has 3 N–H and O–H groups in total. The minimum Gasteiger partial charge on any atom is -0.497 e. The summed E-state index contributed by atoms with van der Waals surface area (Å²) >= 11 is 0. The van der Waals surface area contributed by atoms with Crippen LogP contribution in [0.4, 0.5) is 5.69 Å². The van der Waals surface area contributed by atoms with Gasteiger partial charge in [-0.3, -0.25) is 19.9 Å². The van der Waals surface area contributed by atoms with Gasteiger partial charge in [0, 0.05) is 31.2 Å². The highest BCUT2D eigenvalue weighted by atomic mass is 16.5. The highest BCUT2D eigenvalue weighted by Crippen LogP contribution is 2.25. The summed E-state index contributed by atoms with van der Waals surface area (Å²) in [5.41, 5.74) is 3.62. The van der Waals surface area contributed by atoms with Crippen molar-refractivity contribution in [3.8, 4) is 5.75 Å². The summed E-state index contributed by atoms with van der Waals surface area (Å²) in [6.45, 7) is 5.57. The fourth-order valence-corrected chi connectivity index (χ4v) is 5.06. The lowest BCUT2D eigenvalue weighted by molar-refractivity contribution is -0.143. The Bertz CT molecular complexity index is 918. The van der Waals surface area contributed by atoms with Gasteiger partial charge in [0.15, 0.2) is 0 Å². The summed E-state index contributed by atoms with van der Waals surface area (Å²) in [6.07, 6.45) is 1.90. The highest BCUT2D eigenvalue weighted by molar-refractivity contribution is 5.74. The first kappa shape index (κ1) is 23.5. The molecular formula is C26H36N4O3. The highest BCUT2D eigenvalue weighted by Gasteiger charge is 2.36. The van der Waals surface area contributed by atoms with Crippen LogP contribution in [0.25, 0.3) is 0 Å². The number of methoxy groups -OCH3 is 1. The van der Waals surface area contributed by atoms with E-state index in [9.17, 15) is 9.90 Å². The van der Waals surface area contributed by atoms with Crippen LogP contribution in [0.2, 0.25) is 0 Å². The first-order chi connectivity index (χ1) is 15.9. The molecule has 2 aliphatic heterocycles. The molecule has 0 aromatic heterocycles. The van der Waals surface area contributed by atoms with E-state index in [1.54, 1.807) is 7.11 Å². The standard InChI is InChI=1S/C26H36N4O3/c1-18-12-14-30(24(18)25(31)32)15-13-19-4-8-22(9-5-19)28-26-27-16-21(17-29(26)2)20-6-10-23(33-3)11-7-20/h4-11,18,21,24,26-28H,12-17H2,1-3H3,(H,31,32)/t18-,21?,24-,26?/m0/s1. The molecule has 0 spiro atoms. The molecule has 0 bridgehead atoms. The van der Waals surface area contributed by atoms with Gasteiger partial charge in [0.1, 0.15) is 18.1 Å². The molecule has 178 valence electrons. The number of hydrogen-bond donors (Lipinski definition) is 3. The minimum atomic E-state index is -0.696. The number of nitrogens with one attached hydrogen (secondary N) is 2. The van der Waals surface area contributed by atoms with E-state index in [0.29, 0.717) is 5.92 Å². The Balaban J connectivity index is 1.27. The molecule has 4 rings (SSSR count). The lowest BCUT2D eigenvalue weighted by Crippen LogP contribution is -2.56. The Kier molecular flexibility index (Phi) is 7.53. The molecule has 4 atom stereocenters. The smallest absolute Gasteiger partial charge is 0.321 e. The molecule has 2 saturated heterocycles. The van der Waals surface area contributed by atoms with E-state index in [-0.39, 0.29) is 18.2 Å². The first-order valence-corrected chi connectivity index (χ1v) is 11.8. The van der Waals surface area contributed by atoms with Crippen molar-refractivity contribution < 1.29 is 14.6 Å². The topological polar surface area (TPSA) is 77.1 Å². The first-order valence-electron chi connectivity index (χ1n) is 11.8. The summed E-state index contributed by atoms with van der Waals surface area (Å²) in [5, 5.41) is 16.7. The van der Waals surface area contributed by atoms with Crippen molar-refractivity contribution in [1.82, 2.24) is 15.1 Å². The van der Waals surface area contributed by atoms with E-state index < -0.39 is 5.97 Å². The van der Waals surface area contributed by atoms with Gasteiger partial charge in [-0.25, -0.2) is 0 Å². The van der Waals surface area contributed by atoms with E-state index in [0.717, 1.165) is 50.5 Å². The van der Waals surface area contributed by atoms with Crippen molar-refractivity contribution in [3.05, 3.63) is 59.7 Å². The van der Waals surface area contributed by atoms with Gasteiger partial charge in [-0.2, -0.15) is 0 Å². The zero-order valence-electron chi connectivity index (χ0n) is 19.8. The summed E-state index contributed by atoms with van der Waals surface area (Å²) < 4.78 is 5.27. The van der Waals surface area contributed by atoms with E-state index in [1.807, 2.05) is 19.1 Å². The Morgan fingerprint density at radius 1 is 1.18 bits per heavy atom. The summed E-state index contributed by atoms with van der Waals surface area (Å²) in [5.74, 6) is 0.844. The second-order valence-electron chi connectivity index (χ2n) is 9.40. The van der Waals surface area contributed by atoms with Gasteiger partial charge in [-0.15, -0.1) is 0 Å². The van der Waals surface area contributed by atoms with Crippen LogP contribution in [0.15, 0.2) is 48.5 Å². The van der Waals surface area contributed by atoms with Gasteiger partial charge in [0.05, 0.1) is 7.11 Å². The van der Waals surface area contributed by atoms with Crippen LogP contribution in [-0.4, -0.2) is 73.5 Å². The van der Waals surface area contributed by atoms with Crippen molar-refractivity contribution in [3.63, 3.8) is 0 Å². The minimum absolute atomic E-state index is 0.0766. The van der Waals surface area contributed by atoms with Gasteiger partial charge >= 0.3 is 5.97 Å². The Morgan fingerprint density at radius 3 is 2.55 bits per heavy atom. The van der Waals surface area contributed by atoms with Gasteiger partial charge < -0.3 is 15.2 Å². The molecule has 2 aromatic rings. The molecule has 0 amide bonds. The number of carboxylic acids is 1. The normalized spacial score (nSPS) is 26.3. The van der Waals surface area contributed by atoms with Crippen LogP contribution >= 0.6 is 0 Å². The predicted molar refractivity (Wildman–Crippen MR) is 131 cm³/mol. The van der Waals surface area contributed by atoms with Crippen LogP contribution in [0.5, 0.6) is 5.75 Å². The number of carbonyl (C=O) groups is 1. The number of carboxylic acid groups (broad SMARTS) is 1. The molecule has 2 aliphatic rings. The van der Waals surface area contributed by atoms with Crippen molar-refractivity contribution in [2.75, 3.05) is 45.7 Å². The van der Waals surface area contributed by atoms with Crippen LogP contribution in [0.1, 0.15) is 30.4 Å². The number of ether oxygens (including phenoxy) is 1. The Hall–Kier alpha value is -2.61. The molecule has 2 heterocycles. The number of aliphatic carboxylic acids is 1. The average Bonchev–Trinajstić information content (AvgIpc) is 3.20. The fraction of sp³-hybridized carbons (Fsp3) is 0.500. The van der Waals surface area contributed by atoms with Gasteiger partial charge in [0.2, 0.25) is 0 Å². The van der Waals surface area contributed by atoms with E-state index in [4.69, 9.17) is 4.74 Å². The second-order valence-corrected chi connectivity index (χ2v) is 9.40. The monoisotopic (exact) mass is 452 g/mol. The molecule has 2 aromatic carbocycles. The molecule has 0 saturated carbocycles. The van der Waals surface area contributed by atoms with Crippen LogP contribution in [0.3, 0.4) is 0 Å². The third kappa shape index (κ3) is 5.66. The number of nitrogens with zero attached hydrogens (tertiary/aromatic N) is 2. The van der Waals surface area contributed by atoms with Crippen LogP contribution in [-0.2, 0) is 11.2 Å². The number of anilines is 1. The van der Waals surface area contributed by atoms with Gasteiger partial charge in [0.25, 0.3) is 0 Å². The molecule has 7 nitrogen and oxygen atoms in total. The zero-order valence-corrected chi connectivity index (χ0v) is 19.8. The van der Waals surface area contributed by atoms with Crippen molar-refractivity contribution >= 4 is 11.7 Å². The zero-order chi connectivity index (χ0) is 23.4. The fourth-order valence-electron chi connectivity index (χ4n) is 5.06. The second kappa shape index (κ2) is 10.5. The largest absolute Gasteiger partial charge is 0.497 e. The number of benzene rings is 2. The van der Waals surface area contributed by atoms with Gasteiger partial charge in [-0.05, 0) is 67.7 Å². The Morgan fingerprint density at radius 2 is 1.91 bits per heavy atom. The molecule has 0 radical (unpaired) electrons. The lowest BCUT2D eigenvalue weighted by Gasteiger charge is -2.39. The molecular weight excluding hydrogens is 416 g/mol. The maximum absolute atomic E-state index is 11.6. The van der Waals surface area contributed by atoms with Crippen molar-refractivity contribution in [1.29, 1.82) is 0 Å². The Labute approximate surface area is 196 Å². The summed E-state index contributed by atoms with van der Waals surface area (Å²) in [6, 6.07) is 16.5. The average molecular weight is 453 g/mol. The third-order valence-electron chi connectivity index (χ3n) is 7.10. The van der Waals surface area contributed by atoms with E-state index in [1.165, 1.54) is 11.1 Å². The molecule has 2 fully saturated rings. The van der Waals surface area contributed by atoms with E-state index >= 15 is 0 Å². The summed E-state index contributed by atoms with van der Waals surface area (Å²) in [4.78, 5) is 16.0. The van der Waals surface area contributed by atoms with E-state index in [2.05, 4.69) is 63.9 Å². The number of rotatable bonds is 8. The predicted octanol–water partition coefficient (Wildman–Crippen LogP) is 3.05. The molecule has 2 unspecified atom stereocenters. The number of likely N-dealkylation sites (tertiary alicyclic amines) is 1. The molecule has 7 heteroatoms. The maximum atomic E-state index is 11.6. The quantitative estimate of drug-likeness (QED) is 0.568. The maximum Gasteiger partial charge on any atom is 0.321 e.